The number of benzene rings is 1. The first-order chi connectivity index (χ1) is 14.8. The summed E-state index contributed by atoms with van der Waals surface area (Å²) >= 11 is 6.27. The van der Waals surface area contributed by atoms with Crippen LogP contribution in [0.1, 0.15) is 30.5 Å². The summed E-state index contributed by atoms with van der Waals surface area (Å²) in [5.41, 5.74) is 1.10. The quantitative estimate of drug-likeness (QED) is 0.382. The third kappa shape index (κ3) is 4.89. The van der Waals surface area contributed by atoms with E-state index in [0.29, 0.717) is 41.5 Å². The molecule has 1 N–H and O–H groups in total. The molecule has 7 nitrogen and oxygen atoms in total. The van der Waals surface area contributed by atoms with E-state index in [1.54, 1.807) is 36.7 Å². The summed E-state index contributed by atoms with van der Waals surface area (Å²) in [5, 5.41) is 11.4. The highest BCUT2D eigenvalue weighted by Crippen LogP contribution is 2.40. The number of aliphatic hydroxyl groups excluding tert-OH is 1. The standard InChI is InChI=1S/C23H26ClN3O4/c1-4-31-18-7-6-16(14-17(18)24)21(28)19-20(15-8-10-25-11-9-15)27(23(30)22(19)29)13-5-12-26(2)3/h6-11,14,20,28H,4-5,12-13H2,1-3H3/b21-19+. The molecule has 3 rings (SSSR count). The van der Waals surface area contributed by atoms with Crippen molar-refractivity contribution in [1.82, 2.24) is 14.8 Å². The van der Waals surface area contributed by atoms with Gasteiger partial charge in [0.15, 0.2) is 0 Å². The minimum atomic E-state index is -0.714. The van der Waals surface area contributed by atoms with E-state index in [4.69, 9.17) is 16.3 Å². The second-order valence-electron chi connectivity index (χ2n) is 7.51. The molecule has 2 aromatic rings. The molecule has 1 amide bonds. The van der Waals surface area contributed by atoms with E-state index in [1.165, 1.54) is 11.0 Å². The molecule has 1 unspecified atom stereocenters. The molecule has 0 spiro atoms. The van der Waals surface area contributed by atoms with E-state index in [-0.39, 0.29) is 11.3 Å². The Morgan fingerprint density at radius 2 is 1.94 bits per heavy atom. The lowest BCUT2D eigenvalue weighted by Crippen LogP contribution is -2.32. The van der Waals surface area contributed by atoms with Crippen LogP contribution in [-0.4, -0.2) is 65.4 Å². The highest BCUT2D eigenvalue weighted by atomic mass is 35.5. The van der Waals surface area contributed by atoms with E-state index in [0.717, 1.165) is 6.54 Å². The van der Waals surface area contributed by atoms with Crippen molar-refractivity contribution in [2.24, 2.45) is 0 Å². The molecule has 1 aromatic carbocycles. The fourth-order valence-corrected chi connectivity index (χ4v) is 3.87. The number of likely N-dealkylation sites (tertiary alicyclic amines) is 1. The largest absolute Gasteiger partial charge is 0.507 e. The average Bonchev–Trinajstić information content (AvgIpc) is 3.00. The van der Waals surface area contributed by atoms with E-state index in [1.807, 2.05) is 25.9 Å². The molecule has 0 radical (unpaired) electrons. The molecule has 8 heteroatoms. The van der Waals surface area contributed by atoms with Crippen LogP contribution in [0.4, 0.5) is 0 Å². The summed E-state index contributed by atoms with van der Waals surface area (Å²) in [7, 11) is 3.90. The monoisotopic (exact) mass is 443 g/mol. The van der Waals surface area contributed by atoms with Crippen molar-refractivity contribution in [2.75, 3.05) is 33.8 Å². The Bertz CT molecular complexity index is 992. The van der Waals surface area contributed by atoms with Crippen molar-refractivity contribution in [3.8, 4) is 5.75 Å². The lowest BCUT2D eigenvalue weighted by molar-refractivity contribution is -0.139. The van der Waals surface area contributed by atoms with E-state index >= 15 is 0 Å². The summed E-state index contributed by atoms with van der Waals surface area (Å²) in [6.45, 7) is 3.44. The summed E-state index contributed by atoms with van der Waals surface area (Å²) in [6, 6.07) is 7.58. The third-order valence-corrected chi connectivity index (χ3v) is 5.37. The minimum absolute atomic E-state index is 0.0429. The van der Waals surface area contributed by atoms with Gasteiger partial charge in [0.05, 0.1) is 23.2 Å². The number of halogens is 1. The SMILES string of the molecule is CCOc1ccc(/C(O)=C2\C(=O)C(=O)N(CCCN(C)C)C2c2ccncc2)cc1Cl. The Balaban J connectivity index is 2.06. The van der Waals surface area contributed by atoms with Crippen LogP contribution in [0.15, 0.2) is 48.3 Å². The van der Waals surface area contributed by atoms with Crippen molar-refractivity contribution in [2.45, 2.75) is 19.4 Å². The Kier molecular flexibility index (Phi) is 7.30. The summed E-state index contributed by atoms with van der Waals surface area (Å²) in [4.78, 5) is 33.4. The van der Waals surface area contributed by atoms with Gasteiger partial charge in [-0.3, -0.25) is 14.6 Å². The smallest absolute Gasteiger partial charge is 0.295 e. The van der Waals surface area contributed by atoms with Gasteiger partial charge in [-0.05, 0) is 69.9 Å². The van der Waals surface area contributed by atoms with Gasteiger partial charge in [0.25, 0.3) is 11.7 Å². The van der Waals surface area contributed by atoms with Gasteiger partial charge in [-0.15, -0.1) is 0 Å². The normalized spacial score (nSPS) is 18.1. The second kappa shape index (κ2) is 9.94. The molecule has 1 fully saturated rings. The highest BCUT2D eigenvalue weighted by molar-refractivity contribution is 6.46. The van der Waals surface area contributed by atoms with E-state index in [9.17, 15) is 14.7 Å². The van der Waals surface area contributed by atoms with Crippen molar-refractivity contribution in [3.63, 3.8) is 0 Å². The number of Topliss-reactive ketones (excluding diaryl/α,β-unsaturated/α-hetero) is 1. The fraction of sp³-hybridized carbons (Fsp3) is 0.348. The van der Waals surface area contributed by atoms with E-state index < -0.39 is 17.7 Å². The van der Waals surface area contributed by atoms with Crippen LogP contribution < -0.4 is 4.74 Å². The van der Waals surface area contributed by atoms with Gasteiger partial charge in [-0.1, -0.05) is 11.6 Å². The molecule has 0 bridgehead atoms. The Labute approximate surface area is 186 Å². The topological polar surface area (TPSA) is 83.0 Å². The summed E-state index contributed by atoms with van der Waals surface area (Å²) in [5.74, 6) is -1.12. The summed E-state index contributed by atoms with van der Waals surface area (Å²) < 4.78 is 5.44. The second-order valence-corrected chi connectivity index (χ2v) is 7.92. The van der Waals surface area contributed by atoms with Gasteiger partial charge in [0.1, 0.15) is 11.5 Å². The molecule has 1 aliphatic rings. The fourth-order valence-electron chi connectivity index (χ4n) is 3.64. The number of aliphatic hydroxyl groups is 1. The zero-order chi connectivity index (χ0) is 22.5. The predicted molar refractivity (Wildman–Crippen MR) is 119 cm³/mol. The number of hydrogen-bond acceptors (Lipinski definition) is 6. The highest BCUT2D eigenvalue weighted by Gasteiger charge is 2.45. The average molecular weight is 444 g/mol. The first-order valence-corrected chi connectivity index (χ1v) is 10.5. The number of aromatic nitrogens is 1. The van der Waals surface area contributed by atoms with Crippen molar-refractivity contribution in [1.29, 1.82) is 0 Å². The molecule has 0 aliphatic carbocycles. The van der Waals surface area contributed by atoms with E-state index in [2.05, 4.69) is 4.98 Å². The number of ketones is 1. The number of hydrogen-bond donors (Lipinski definition) is 1. The van der Waals surface area contributed by atoms with Crippen molar-refractivity contribution in [3.05, 3.63) is 64.4 Å². The Morgan fingerprint density at radius 3 is 2.55 bits per heavy atom. The van der Waals surface area contributed by atoms with Crippen LogP contribution in [0, 0.1) is 0 Å². The molecule has 1 aliphatic heterocycles. The zero-order valence-electron chi connectivity index (χ0n) is 17.8. The van der Waals surface area contributed by atoms with Crippen LogP contribution >= 0.6 is 11.6 Å². The molecule has 164 valence electrons. The lowest BCUT2D eigenvalue weighted by atomic mass is 9.96. The van der Waals surface area contributed by atoms with Crippen LogP contribution in [0.5, 0.6) is 5.75 Å². The molecular weight excluding hydrogens is 418 g/mol. The first-order valence-electron chi connectivity index (χ1n) is 10.1. The minimum Gasteiger partial charge on any atom is -0.507 e. The Hall–Kier alpha value is -2.90. The van der Waals surface area contributed by atoms with Crippen molar-refractivity contribution < 1.29 is 19.4 Å². The molecule has 0 saturated carbocycles. The Morgan fingerprint density at radius 1 is 1.23 bits per heavy atom. The van der Waals surface area contributed by atoms with Crippen LogP contribution in [-0.2, 0) is 9.59 Å². The van der Waals surface area contributed by atoms with Crippen LogP contribution in [0.2, 0.25) is 5.02 Å². The van der Waals surface area contributed by atoms with Gasteiger partial charge >= 0.3 is 0 Å². The zero-order valence-corrected chi connectivity index (χ0v) is 18.6. The predicted octanol–water partition coefficient (Wildman–Crippen LogP) is 3.51. The van der Waals surface area contributed by atoms with Crippen LogP contribution in [0.3, 0.4) is 0 Å². The number of nitrogens with zero attached hydrogens (tertiary/aromatic N) is 3. The number of carbonyl (C=O) groups excluding carboxylic acids is 2. The van der Waals surface area contributed by atoms with Crippen molar-refractivity contribution >= 4 is 29.1 Å². The molecule has 1 atom stereocenters. The van der Waals surface area contributed by atoms with Gasteiger partial charge < -0.3 is 19.6 Å². The van der Waals surface area contributed by atoms with Gasteiger partial charge in [-0.2, -0.15) is 0 Å². The molecule has 2 heterocycles. The van der Waals surface area contributed by atoms with Gasteiger partial charge in [0.2, 0.25) is 0 Å². The van der Waals surface area contributed by atoms with Gasteiger partial charge in [-0.25, -0.2) is 0 Å². The molecular formula is C23H26ClN3O4. The lowest BCUT2D eigenvalue weighted by Gasteiger charge is -2.25. The number of amides is 1. The summed E-state index contributed by atoms with van der Waals surface area (Å²) in [6.07, 6.45) is 3.89. The maximum Gasteiger partial charge on any atom is 0.295 e. The number of carbonyl (C=O) groups is 2. The van der Waals surface area contributed by atoms with Crippen LogP contribution in [0.25, 0.3) is 5.76 Å². The first kappa shape index (κ1) is 22.8. The molecule has 1 aromatic heterocycles. The number of pyridine rings is 1. The maximum atomic E-state index is 13.0. The molecule has 1 saturated heterocycles. The number of ether oxygens (including phenoxy) is 1. The maximum absolute atomic E-state index is 13.0. The molecule has 31 heavy (non-hydrogen) atoms. The number of rotatable bonds is 8. The van der Waals surface area contributed by atoms with Gasteiger partial charge in [0, 0.05) is 24.5 Å². The third-order valence-electron chi connectivity index (χ3n) is 5.07.